The van der Waals surface area contributed by atoms with E-state index in [9.17, 15) is 4.79 Å². The quantitative estimate of drug-likeness (QED) is 0.707. The highest BCUT2D eigenvalue weighted by molar-refractivity contribution is 7.99. The van der Waals surface area contributed by atoms with Crippen LogP contribution in [0.2, 0.25) is 0 Å². The Morgan fingerprint density at radius 3 is 2.81 bits per heavy atom. The number of carbonyl (C=O) groups is 1. The molecule has 0 bridgehead atoms. The molecule has 2 fully saturated rings. The summed E-state index contributed by atoms with van der Waals surface area (Å²) in [6.45, 7) is 6.20. The zero-order valence-corrected chi connectivity index (χ0v) is 16.5. The van der Waals surface area contributed by atoms with Gasteiger partial charge in [-0.2, -0.15) is 0 Å². The Labute approximate surface area is 161 Å². The number of anilines is 1. The number of thioether (sulfide) groups is 1. The number of ether oxygens (including phenoxy) is 1. The van der Waals surface area contributed by atoms with Gasteiger partial charge in [0, 0.05) is 37.2 Å². The van der Waals surface area contributed by atoms with Gasteiger partial charge in [-0.3, -0.25) is 0 Å². The molecule has 1 aromatic carbocycles. The van der Waals surface area contributed by atoms with Gasteiger partial charge >= 0.3 is 6.03 Å². The third kappa shape index (κ3) is 5.89. The second kappa shape index (κ2) is 10.2. The van der Waals surface area contributed by atoms with E-state index in [4.69, 9.17) is 4.74 Å². The largest absolute Gasteiger partial charge is 0.377 e. The Bertz CT molecular complexity index is 570. The van der Waals surface area contributed by atoms with E-state index >= 15 is 0 Å². The minimum Gasteiger partial charge on any atom is -0.377 e. The van der Waals surface area contributed by atoms with Gasteiger partial charge in [-0.05, 0) is 50.0 Å². The first-order valence-electron chi connectivity index (χ1n) is 9.88. The summed E-state index contributed by atoms with van der Waals surface area (Å²) >= 11 is 1.79. The maximum atomic E-state index is 12.4. The van der Waals surface area contributed by atoms with Crippen LogP contribution in [-0.2, 0) is 4.74 Å². The number of likely N-dealkylation sites (tertiary alicyclic amines) is 1. The van der Waals surface area contributed by atoms with E-state index in [0.29, 0.717) is 6.10 Å². The van der Waals surface area contributed by atoms with Gasteiger partial charge in [0.05, 0.1) is 11.8 Å². The molecule has 1 aromatic rings. The first-order valence-corrected chi connectivity index (χ1v) is 10.9. The van der Waals surface area contributed by atoms with Crippen LogP contribution in [0.1, 0.15) is 39.0 Å². The van der Waals surface area contributed by atoms with Gasteiger partial charge in [0.2, 0.25) is 0 Å². The number of carbonyl (C=O) groups excluding carboxylic acids is 1. The van der Waals surface area contributed by atoms with Gasteiger partial charge in [0.1, 0.15) is 0 Å². The van der Waals surface area contributed by atoms with E-state index in [1.54, 1.807) is 11.8 Å². The number of hydrogen-bond donors (Lipinski definition) is 2. The fourth-order valence-electron chi connectivity index (χ4n) is 3.59. The summed E-state index contributed by atoms with van der Waals surface area (Å²) < 4.78 is 5.73. The number of hydrogen-bond acceptors (Lipinski definition) is 4. The summed E-state index contributed by atoms with van der Waals surface area (Å²) in [5, 5.41) is 6.18. The maximum absolute atomic E-state index is 12.4. The Morgan fingerprint density at radius 1 is 1.27 bits per heavy atom. The predicted octanol–water partition coefficient (Wildman–Crippen LogP) is 3.95. The van der Waals surface area contributed by atoms with Crippen LogP contribution in [0.3, 0.4) is 0 Å². The summed E-state index contributed by atoms with van der Waals surface area (Å²) in [6.07, 6.45) is 5.94. The van der Waals surface area contributed by atoms with E-state index in [1.807, 2.05) is 18.2 Å². The van der Waals surface area contributed by atoms with Crippen LogP contribution >= 0.6 is 11.8 Å². The van der Waals surface area contributed by atoms with Crippen molar-refractivity contribution in [3.63, 3.8) is 0 Å². The topological polar surface area (TPSA) is 53.6 Å². The second-order valence-corrected chi connectivity index (χ2v) is 8.29. The van der Waals surface area contributed by atoms with Gasteiger partial charge in [-0.25, -0.2) is 4.79 Å². The summed E-state index contributed by atoms with van der Waals surface area (Å²) in [5.74, 6) is 1.06. The molecule has 2 aliphatic heterocycles. The molecule has 3 rings (SSSR count). The molecule has 5 nitrogen and oxygen atoms in total. The highest BCUT2D eigenvalue weighted by atomic mass is 32.2. The molecule has 0 radical (unpaired) electrons. The van der Waals surface area contributed by atoms with Crippen LogP contribution < -0.4 is 10.6 Å². The molecule has 0 spiro atoms. The molecule has 0 aliphatic carbocycles. The third-order valence-corrected chi connectivity index (χ3v) is 6.28. The van der Waals surface area contributed by atoms with E-state index in [2.05, 4.69) is 28.5 Å². The highest BCUT2D eigenvalue weighted by Crippen LogP contribution is 2.27. The molecule has 0 saturated carbocycles. The van der Waals surface area contributed by atoms with E-state index in [0.717, 1.165) is 61.8 Å². The number of piperidine rings is 1. The summed E-state index contributed by atoms with van der Waals surface area (Å²) in [7, 11) is 0. The third-order valence-electron chi connectivity index (χ3n) is 5.01. The standard InChI is InChI=1S/C20H31N3O2S/c1-2-14-26-19-8-4-3-7-18(19)22-20(24)21-16-9-11-23(12-10-16)15-17-6-5-13-25-17/h3-4,7-8,16-17H,2,5-6,9-15H2,1H3,(H2,21,22,24)/t17-/m0/s1. The fraction of sp³-hybridized carbons (Fsp3) is 0.650. The smallest absolute Gasteiger partial charge is 0.319 e. The Hall–Kier alpha value is -1.24. The average molecular weight is 378 g/mol. The number of benzene rings is 1. The fourth-order valence-corrected chi connectivity index (χ4v) is 4.46. The van der Waals surface area contributed by atoms with Crippen molar-refractivity contribution in [1.29, 1.82) is 0 Å². The molecule has 0 unspecified atom stereocenters. The molecule has 2 N–H and O–H groups in total. The lowest BCUT2D eigenvalue weighted by Gasteiger charge is -2.33. The SMILES string of the molecule is CCCSc1ccccc1NC(=O)NC1CCN(C[C@@H]2CCCO2)CC1. The molecule has 0 aromatic heterocycles. The first kappa shape index (κ1) is 19.5. The van der Waals surface area contributed by atoms with Gasteiger partial charge < -0.3 is 20.3 Å². The van der Waals surface area contributed by atoms with Crippen molar-refractivity contribution in [3.05, 3.63) is 24.3 Å². The molecule has 6 heteroatoms. The van der Waals surface area contributed by atoms with Crippen molar-refractivity contribution in [3.8, 4) is 0 Å². The Morgan fingerprint density at radius 2 is 2.08 bits per heavy atom. The number of nitrogens with one attached hydrogen (secondary N) is 2. The van der Waals surface area contributed by atoms with Gasteiger partial charge in [0.25, 0.3) is 0 Å². The zero-order valence-electron chi connectivity index (χ0n) is 15.7. The van der Waals surface area contributed by atoms with E-state index in [1.165, 1.54) is 12.8 Å². The second-order valence-electron chi connectivity index (χ2n) is 7.15. The highest BCUT2D eigenvalue weighted by Gasteiger charge is 2.24. The van der Waals surface area contributed by atoms with Gasteiger partial charge in [-0.1, -0.05) is 19.1 Å². The van der Waals surface area contributed by atoms with Crippen molar-refractivity contribution >= 4 is 23.5 Å². The Kier molecular flexibility index (Phi) is 7.65. The van der Waals surface area contributed by atoms with Gasteiger partial charge in [0.15, 0.2) is 0 Å². The molecule has 2 aliphatic rings. The van der Waals surface area contributed by atoms with Crippen LogP contribution in [0.5, 0.6) is 0 Å². The number of amides is 2. The molecule has 26 heavy (non-hydrogen) atoms. The van der Waals surface area contributed by atoms with E-state index < -0.39 is 0 Å². The lowest BCUT2D eigenvalue weighted by Crippen LogP contribution is -2.47. The molecule has 2 heterocycles. The first-order chi connectivity index (χ1) is 12.7. The van der Waals surface area contributed by atoms with Crippen LogP contribution in [0.15, 0.2) is 29.2 Å². The molecule has 144 valence electrons. The van der Waals surface area contributed by atoms with Crippen molar-refractivity contribution in [2.24, 2.45) is 0 Å². The molecule has 2 amide bonds. The van der Waals surface area contributed by atoms with Crippen LogP contribution in [0.4, 0.5) is 10.5 Å². The van der Waals surface area contributed by atoms with Crippen molar-refractivity contribution in [1.82, 2.24) is 10.2 Å². The minimum atomic E-state index is -0.0906. The number of urea groups is 1. The predicted molar refractivity (Wildman–Crippen MR) is 108 cm³/mol. The number of para-hydroxylation sites is 1. The van der Waals surface area contributed by atoms with Gasteiger partial charge in [-0.15, -0.1) is 11.8 Å². The summed E-state index contributed by atoms with van der Waals surface area (Å²) in [6, 6.07) is 8.19. The van der Waals surface area contributed by atoms with Crippen LogP contribution in [-0.4, -0.2) is 55.1 Å². The lowest BCUT2D eigenvalue weighted by atomic mass is 10.0. The van der Waals surface area contributed by atoms with Crippen molar-refractivity contribution in [2.75, 3.05) is 37.3 Å². The number of rotatable bonds is 7. The zero-order chi connectivity index (χ0) is 18.2. The molecule has 2 saturated heterocycles. The summed E-state index contributed by atoms with van der Waals surface area (Å²) in [5.41, 5.74) is 0.902. The molecular weight excluding hydrogens is 346 g/mol. The van der Waals surface area contributed by atoms with Crippen molar-refractivity contribution < 1.29 is 9.53 Å². The normalized spacial score (nSPS) is 21.7. The van der Waals surface area contributed by atoms with Crippen LogP contribution in [0.25, 0.3) is 0 Å². The monoisotopic (exact) mass is 377 g/mol. The number of nitrogens with zero attached hydrogens (tertiary/aromatic N) is 1. The minimum absolute atomic E-state index is 0.0906. The summed E-state index contributed by atoms with van der Waals surface area (Å²) in [4.78, 5) is 16.0. The Balaban J connectivity index is 1.41. The van der Waals surface area contributed by atoms with Crippen molar-refractivity contribution in [2.45, 2.75) is 56.1 Å². The molecule has 1 atom stereocenters. The maximum Gasteiger partial charge on any atom is 0.319 e. The molecular formula is C20H31N3O2S. The van der Waals surface area contributed by atoms with E-state index in [-0.39, 0.29) is 12.1 Å². The lowest BCUT2D eigenvalue weighted by molar-refractivity contribution is 0.0633. The average Bonchev–Trinajstić information content (AvgIpc) is 3.16. The van der Waals surface area contributed by atoms with Crippen LogP contribution in [0, 0.1) is 0 Å².